The molecule has 0 aromatic carbocycles. The number of carbonyl (C=O) groups excluding carboxylic acids is 1. The van der Waals surface area contributed by atoms with Crippen LogP contribution in [0, 0.1) is 0 Å². The van der Waals surface area contributed by atoms with Crippen LogP contribution in [0.3, 0.4) is 0 Å². The van der Waals surface area contributed by atoms with Gasteiger partial charge in [-0.2, -0.15) is 0 Å². The molecule has 8 nitrogen and oxygen atoms in total. The van der Waals surface area contributed by atoms with Crippen LogP contribution < -0.4 is 4.74 Å². The quantitative estimate of drug-likeness (QED) is 0.890. The van der Waals surface area contributed by atoms with Gasteiger partial charge in [0.15, 0.2) is 0 Å². The molecule has 3 aliphatic rings. The third kappa shape index (κ3) is 3.00. The molecular formula is C16H20N4O4. The Morgan fingerprint density at radius 2 is 2.08 bits per heavy atom. The summed E-state index contributed by atoms with van der Waals surface area (Å²) in [6.45, 7) is 1.08. The van der Waals surface area contributed by atoms with Gasteiger partial charge >= 0.3 is 6.09 Å². The SMILES string of the molecule is O=C(O)N1CCC(=O)N2C[C@H](Oc3cnc(C4CC4)cn3)C[C@@H]2C1. The third-order valence-electron chi connectivity index (χ3n) is 4.92. The highest BCUT2D eigenvalue weighted by atomic mass is 16.5. The summed E-state index contributed by atoms with van der Waals surface area (Å²) < 4.78 is 5.87. The molecule has 3 fully saturated rings. The minimum atomic E-state index is -0.976. The normalized spacial score (nSPS) is 26.9. The number of ether oxygens (including phenoxy) is 1. The Bertz CT molecular complexity index is 646. The Hall–Kier alpha value is -2.38. The second kappa shape index (κ2) is 5.92. The van der Waals surface area contributed by atoms with Crippen molar-refractivity contribution in [3.05, 3.63) is 18.1 Å². The maximum Gasteiger partial charge on any atom is 0.407 e. The molecule has 2 amide bonds. The molecule has 4 rings (SSSR count). The van der Waals surface area contributed by atoms with Crippen LogP contribution in [0.15, 0.2) is 12.4 Å². The average molecular weight is 332 g/mol. The first-order valence-electron chi connectivity index (χ1n) is 8.36. The van der Waals surface area contributed by atoms with E-state index in [2.05, 4.69) is 9.97 Å². The van der Waals surface area contributed by atoms with Gasteiger partial charge in [-0.25, -0.2) is 9.78 Å². The maximum absolute atomic E-state index is 12.2. The van der Waals surface area contributed by atoms with Crippen LogP contribution >= 0.6 is 0 Å². The molecular weight excluding hydrogens is 312 g/mol. The number of nitrogens with zero attached hydrogens (tertiary/aromatic N) is 4. The molecule has 1 aliphatic carbocycles. The Morgan fingerprint density at radius 1 is 1.25 bits per heavy atom. The molecule has 0 bridgehead atoms. The Kier molecular flexibility index (Phi) is 3.74. The first-order valence-corrected chi connectivity index (χ1v) is 8.36. The van der Waals surface area contributed by atoms with Gasteiger partial charge in [-0.3, -0.25) is 9.78 Å². The third-order valence-corrected chi connectivity index (χ3v) is 4.92. The predicted molar refractivity (Wildman–Crippen MR) is 82.8 cm³/mol. The second-order valence-electron chi connectivity index (χ2n) is 6.71. The zero-order valence-electron chi connectivity index (χ0n) is 13.3. The standard InChI is InChI=1S/C16H20N4O4/c21-15-3-4-19(16(22)23)8-11-5-12(9-20(11)15)24-14-7-17-13(6-18-14)10-1-2-10/h6-7,10-12H,1-5,8-9H2,(H,22,23)/t11-,12-/m1/s1. The Morgan fingerprint density at radius 3 is 2.75 bits per heavy atom. The first-order chi connectivity index (χ1) is 11.6. The van der Waals surface area contributed by atoms with Crippen molar-refractivity contribution >= 4 is 12.0 Å². The summed E-state index contributed by atoms with van der Waals surface area (Å²) in [6.07, 6.45) is 5.45. The zero-order valence-corrected chi connectivity index (χ0v) is 13.3. The molecule has 1 N–H and O–H groups in total. The molecule has 0 spiro atoms. The van der Waals surface area contributed by atoms with E-state index in [4.69, 9.17) is 4.74 Å². The van der Waals surface area contributed by atoms with E-state index in [0.717, 1.165) is 5.69 Å². The van der Waals surface area contributed by atoms with Gasteiger partial charge in [0.05, 0.1) is 30.7 Å². The van der Waals surface area contributed by atoms with Crippen LogP contribution in [0.1, 0.15) is 37.3 Å². The number of aromatic nitrogens is 2. The van der Waals surface area contributed by atoms with Gasteiger partial charge < -0.3 is 19.6 Å². The Labute approximate surface area is 139 Å². The first kappa shape index (κ1) is 15.2. The largest absolute Gasteiger partial charge is 0.471 e. The maximum atomic E-state index is 12.2. The minimum absolute atomic E-state index is 0.00924. The van der Waals surface area contributed by atoms with E-state index in [9.17, 15) is 14.7 Å². The van der Waals surface area contributed by atoms with Crippen LogP contribution in [0.4, 0.5) is 4.79 Å². The number of hydrogen-bond donors (Lipinski definition) is 1. The van der Waals surface area contributed by atoms with Crippen LogP contribution in [-0.4, -0.2) is 68.7 Å². The number of rotatable bonds is 3. The molecule has 2 atom stereocenters. The molecule has 8 heteroatoms. The molecule has 1 aromatic heterocycles. The monoisotopic (exact) mass is 332 g/mol. The highest BCUT2D eigenvalue weighted by Gasteiger charge is 2.40. The van der Waals surface area contributed by atoms with Crippen molar-refractivity contribution in [2.24, 2.45) is 0 Å². The summed E-state index contributed by atoms with van der Waals surface area (Å²) in [6, 6.07) is -0.125. The van der Waals surface area contributed by atoms with Gasteiger partial charge in [0.2, 0.25) is 11.8 Å². The lowest BCUT2D eigenvalue weighted by Gasteiger charge is -2.23. The molecule has 128 valence electrons. The van der Waals surface area contributed by atoms with Crippen LogP contribution in [0.2, 0.25) is 0 Å². The van der Waals surface area contributed by atoms with E-state index in [1.807, 2.05) is 0 Å². The second-order valence-corrected chi connectivity index (χ2v) is 6.71. The van der Waals surface area contributed by atoms with Crippen molar-refractivity contribution in [3.63, 3.8) is 0 Å². The highest BCUT2D eigenvalue weighted by molar-refractivity contribution is 5.78. The zero-order chi connectivity index (χ0) is 16.7. The van der Waals surface area contributed by atoms with Crippen molar-refractivity contribution in [3.8, 4) is 5.88 Å². The van der Waals surface area contributed by atoms with E-state index in [1.165, 1.54) is 17.7 Å². The molecule has 24 heavy (non-hydrogen) atoms. The molecule has 0 radical (unpaired) electrons. The molecule has 2 aliphatic heterocycles. The lowest BCUT2D eigenvalue weighted by Crippen LogP contribution is -2.40. The van der Waals surface area contributed by atoms with Crippen molar-refractivity contribution in [1.29, 1.82) is 0 Å². The van der Waals surface area contributed by atoms with Gasteiger partial charge in [0, 0.05) is 31.8 Å². The topological polar surface area (TPSA) is 95.9 Å². The Balaban J connectivity index is 1.41. The van der Waals surface area contributed by atoms with E-state index in [1.54, 1.807) is 17.3 Å². The number of fused-ring (bicyclic) bond motifs is 1. The minimum Gasteiger partial charge on any atom is -0.471 e. The van der Waals surface area contributed by atoms with E-state index in [0.29, 0.717) is 31.3 Å². The summed E-state index contributed by atoms with van der Waals surface area (Å²) in [5.41, 5.74) is 1.01. The predicted octanol–water partition coefficient (Wildman–Crippen LogP) is 1.09. The summed E-state index contributed by atoms with van der Waals surface area (Å²) in [5, 5.41) is 9.19. The number of amides is 2. The summed E-state index contributed by atoms with van der Waals surface area (Å²) in [4.78, 5) is 35.2. The van der Waals surface area contributed by atoms with Crippen molar-refractivity contribution in [2.45, 2.75) is 43.7 Å². The molecule has 3 heterocycles. The van der Waals surface area contributed by atoms with Crippen molar-refractivity contribution in [2.75, 3.05) is 19.6 Å². The summed E-state index contributed by atoms with van der Waals surface area (Å²) >= 11 is 0. The van der Waals surface area contributed by atoms with Crippen LogP contribution in [0.25, 0.3) is 0 Å². The smallest absolute Gasteiger partial charge is 0.407 e. The lowest BCUT2D eigenvalue weighted by atomic mass is 10.2. The fourth-order valence-electron chi connectivity index (χ4n) is 3.48. The average Bonchev–Trinajstić information content (AvgIpc) is 3.35. The molecule has 1 saturated carbocycles. The van der Waals surface area contributed by atoms with Crippen LogP contribution in [0.5, 0.6) is 5.88 Å². The van der Waals surface area contributed by atoms with Gasteiger partial charge in [-0.05, 0) is 12.8 Å². The summed E-state index contributed by atoms with van der Waals surface area (Å²) in [7, 11) is 0. The fraction of sp³-hybridized carbons (Fsp3) is 0.625. The van der Waals surface area contributed by atoms with E-state index >= 15 is 0 Å². The van der Waals surface area contributed by atoms with E-state index in [-0.39, 0.29) is 31.0 Å². The van der Waals surface area contributed by atoms with Gasteiger partial charge in [-0.1, -0.05) is 0 Å². The molecule has 0 unspecified atom stereocenters. The van der Waals surface area contributed by atoms with Crippen molar-refractivity contribution in [1.82, 2.24) is 19.8 Å². The number of carboxylic acid groups (broad SMARTS) is 1. The number of carbonyl (C=O) groups is 2. The van der Waals surface area contributed by atoms with Gasteiger partial charge in [0.25, 0.3) is 0 Å². The molecule has 2 saturated heterocycles. The van der Waals surface area contributed by atoms with Gasteiger partial charge in [-0.15, -0.1) is 0 Å². The number of hydrogen-bond acceptors (Lipinski definition) is 5. The van der Waals surface area contributed by atoms with Gasteiger partial charge in [0.1, 0.15) is 6.10 Å². The fourth-order valence-corrected chi connectivity index (χ4v) is 3.48. The van der Waals surface area contributed by atoms with Crippen LogP contribution in [-0.2, 0) is 4.79 Å². The van der Waals surface area contributed by atoms with Crippen molar-refractivity contribution < 1.29 is 19.4 Å². The highest BCUT2D eigenvalue weighted by Crippen LogP contribution is 2.38. The molecule has 1 aromatic rings. The summed E-state index contributed by atoms with van der Waals surface area (Å²) in [5.74, 6) is 1.00. The van der Waals surface area contributed by atoms with E-state index < -0.39 is 6.09 Å². The lowest BCUT2D eigenvalue weighted by molar-refractivity contribution is -0.131.